The Morgan fingerprint density at radius 2 is 1.93 bits per heavy atom. The Balaban J connectivity index is 4.11. The first-order valence-electron chi connectivity index (χ1n) is 5.08. The van der Waals surface area contributed by atoms with E-state index in [1.165, 1.54) is 12.0 Å². The van der Waals surface area contributed by atoms with Crippen LogP contribution in [0.25, 0.3) is 0 Å². The van der Waals surface area contributed by atoms with Gasteiger partial charge in [0.25, 0.3) is 0 Å². The van der Waals surface area contributed by atoms with E-state index in [0.29, 0.717) is 13.2 Å². The van der Waals surface area contributed by atoms with E-state index in [2.05, 4.69) is 4.74 Å². The molecule has 0 aliphatic rings. The van der Waals surface area contributed by atoms with Gasteiger partial charge in [-0.25, -0.2) is 0 Å². The molecule has 0 aromatic heterocycles. The fourth-order valence-electron chi connectivity index (χ4n) is 1.06. The van der Waals surface area contributed by atoms with Crippen LogP contribution in [0, 0.1) is 0 Å². The number of nitrogens with zero attached hydrogens (tertiary/aromatic N) is 1. The smallest absolute Gasteiger partial charge is 0.325 e. The Hall–Kier alpha value is -1.10. The summed E-state index contributed by atoms with van der Waals surface area (Å²) in [5.41, 5.74) is 0. The zero-order valence-corrected chi connectivity index (χ0v) is 9.62. The molecule has 0 N–H and O–H groups in total. The predicted octanol–water partition coefficient (Wildman–Crippen LogP) is 0.434. The maximum atomic E-state index is 11.5. The molecule has 0 aliphatic heterocycles. The SMILES string of the molecule is CCCN(CC(=O)OC)C(=O)COCC. The second-order valence-electron chi connectivity index (χ2n) is 3.03. The number of ether oxygens (including phenoxy) is 2. The van der Waals surface area contributed by atoms with Crippen LogP contribution < -0.4 is 0 Å². The Morgan fingerprint density at radius 3 is 2.40 bits per heavy atom. The molecule has 0 unspecified atom stereocenters. The number of hydrogen-bond acceptors (Lipinski definition) is 4. The van der Waals surface area contributed by atoms with Crippen molar-refractivity contribution >= 4 is 11.9 Å². The third kappa shape index (κ3) is 6.06. The van der Waals surface area contributed by atoms with E-state index in [-0.39, 0.29) is 19.1 Å². The lowest BCUT2D eigenvalue weighted by Crippen LogP contribution is -2.39. The molecule has 0 atom stereocenters. The van der Waals surface area contributed by atoms with Crippen molar-refractivity contribution in [3.8, 4) is 0 Å². The molecular weight excluding hydrogens is 198 g/mol. The highest BCUT2D eigenvalue weighted by atomic mass is 16.5. The average Bonchev–Trinajstić information content (AvgIpc) is 2.24. The monoisotopic (exact) mass is 217 g/mol. The van der Waals surface area contributed by atoms with Crippen molar-refractivity contribution in [1.82, 2.24) is 4.90 Å². The number of rotatable bonds is 7. The van der Waals surface area contributed by atoms with Gasteiger partial charge < -0.3 is 14.4 Å². The van der Waals surface area contributed by atoms with Crippen LogP contribution in [0.3, 0.4) is 0 Å². The molecule has 0 rings (SSSR count). The normalized spacial score (nSPS) is 9.80. The van der Waals surface area contributed by atoms with Crippen molar-refractivity contribution in [3.63, 3.8) is 0 Å². The summed E-state index contributed by atoms with van der Waals surface area (Å²) in [7, 11) is 1.31. The van der Waals surface area contributed by atoms with Crippen LogP contribution in [0.1, 0.15) is 20.3 Å². The summed E-state index contributed by atoms with van der Waals surface area (Å²) >= 11 is 0. The first-order chi connectivity index (χ1) is 7.15. The van der Waals surface area contributed by atoms with E-state index in [1.54, 1.807) is 0 Å². The fraction of sp³-hybridized carbons (Fsp3) is 0.800. The lowest BCUT2D eigenvalue weighted by atomic mass is 10.4. The molecule has 0 fully saturated rings. The number of carbonyl (C=O) groups excluding carboxylic acids is 2. The Labute approximate surface area is 90.3 Å². The minimum Gasteiger partial charge on any atom is -0.468 e. The summed E-state index contributed by atoms with van der Waals surface area (Å²) in [4.78, 5) is 24.0. The van der Waals surface area contributed by atoms with E-state index >= 15 is 0 Å². The molecule has 15 heavy (non-hydrogen) atoms. The number of amides is 1. The first-order valence-corrected chi connectivity index (χ1v) is 5.08. The molecule has 5 heteroatoms. The summed E-state index contributed by atoms with van der Waals surface area (Å²) in [6.07, 6.45) is 0.800. The van der Waals surface area contributed by atoms with Gasteiger partial charge in [-0.15, -0.1) is 0 Å². The standard InChI is InChI=1S/C10H19NO4/c1-4-6-11(7-10(13)14-3)9(12)8-15-5-2/h4-8H2,1-3H3. The maximum Gasteiger partial charge on any atom is 0.325 e. The third-order valence-corrected chi connectivity index (χ3v) is 1.82. The topological polar surface area (TPSA) is 55.8 Å². The molecule has 5 nitrogen and oxygen atoms in total. The van der Waals surface area contributed by atoms with Crippen molar-refractivity contribution in [2.75, 3.05) is 33.4 Å². The van der Waals surface area contributed by atoms with E-state index in [1.807, 2.05) is 13.8 Å². The molecular formula is C10H19NO4. The van der Waals surface area contributed by atoms with Crippen LogP contribution in [-0.4, -0.2) is 50.2 Å². The zero-order chi connectivity index (χ0) is 11.7. The van der Waals surface area contributed by atoms with Crippen molar-refractivity contribution in [2.45, 2.75) is 20.3 Å². The number of carbonyl (C=O) groups is 2. The average molecular weight is 217 g/mol. The van der Waals surface area contributed by atoms with E-state index < -0.39 is 5.97 Å². The summed E-state index contributed by atoms with van der Waals surface area (Å²) in [5.74, 6) is -0.586. The van der Waals surface area contributed by atoms with E-state index in [4.69, 9.17) is 4.74 Å². The number of methoxy groups -OCH3 is 1. The summed E-state index contributed by atoms with van der Waals surface area (Å²) in [6, 6.07) is 0. The molecule has 0 aliphatic carbocycles. The lowest BCUT2D eigenvalue weighted by molar-refractivity contribution is -0.148. The van der Waals surface area contributed by atoms with Crippen LogP contribution in [-0.2, 0) is 19.1 Å². The highest BCUT2D eigenvalue weighted by molar-refractivity contribution is 5.82. The van der Waals surface area contributed by atoms with Crippen LogP contribution in [0.15, 0.2) is 0 Å². The number of hydrogen-bond donors (Lipinski definition) is 0. The van der Waals surface area contributed by atoms with Crippen molar-refractivity contribution in [2.24, 2.45) is 0 Å². The van der Waals surface area contributed by atoms with Gasteiger partial charge >= 0.3 is 5.97 Å². The van der Waals surface area contributed by atoms with Crippen molar-refractivity contribution < 1.29 is 19.1 Å². The van der Waals surface area contributed by atoms with Crippen molar-refractivity contribution in [3.05, 3.63) is 0 Å². The molecule has 0 aromatic carbocycles. The molecule has 1 amide bonds. The third-order valence-electron chi connectivity index (χ3n) is 1.82. The zero-order valence-electron chi connectivity index (χ0n) is 9.62. The lowest BCUT2D eigenvalue weighted by Gasteiger charge is -2.20. The molecule has 0 radical (unpaired) electrons. The van der Waals surface area contributed by atoms with Gasteiger partial charge in [0.05, 0.1) is 7.11 Å². The molecule has 88 valence electrons. The minimum atomic E-state index is -0.409. The molecule has 0 spiro atoms. The van der Waals surface area contributed by atoms with E-state index in [0.717, 1.165) is 6.42 Å². The van der Waals surface area contributed by atoms with Gasteiger partial charge in [-0.1, -0.05) is 6.92 Å². The first kappa shape index (κ1) is 13.9. The molecule has 0 saturated heterocycles. The van der Waals surface area contributed by atoms with Gasteiger partial charge in [-0.2, -0.15) is 0 Å². The van der Waals surface area contributed by atoms with Gasteiger partial charge in [0.2, 0.25) is 5.91 Å². The molecule has 0 aromatic rings. The predicted molar refractivity (Wildman–Crippen MR) is 55.4 cm³/mol. The minimum absolute atomic E-state index is 0.00372. The van der Waals surface area contributed by atoms with E-state index in [9.17, 15) is 9.59 Å². The highest BCUT2D eigenvalue weighted by Gasteiger charge is 2.16. The largest absolute Gasteiger partial charge is 0.468 e. The molecule has 0 saturated carbocycles. The Bertz CT molecular complexity index is 206. The van der Waals surface area contributed by atoms with Crippen LogP contribution in [0.4, 0.5) is 0 Å². The molecule has 0 heterocycles. The number of esters is 1. The Kier molecular flexibility index (Phi) is 7.62. The quantitative estimate of drug-likeness (QED) is 0.580. The van der Waals surface area contributed by atoms with Gasteiger partial charge in [0.15, 0.2) is 0 Å². The van der Waals surface area contributed by atoms with Gasteiger partial charge in [-0.05, 0) is 13.3 Å². The summed E-state index contributed by atoms with van der Waals surface area (Å²) in [5, 5.41) is 0. The van der Waals surface area contributed by atoms with Crippen LogP contribution in [0.5, 0.6) is 0 Å². The second-order valence-corrected chi connectivity index (χ2v) is 3.03. The van der Waals surface area contributed by atoms with Gasteiger partial charge in [0, 0.05) is 13.2 Å². The van der Waals surface area contributed by atoms with Gasteiger partial charge in [0.1, 0.15) is 13.2 Å². The highest BCUT2D eigenvalue weighted by Crippen LogP contribution is 1.95. The fourth-order valence-corrected chi connectivity index (χ4v) is 1.06. The summed E-state index contributed by atoms with van der Waals surface area (Å²) in [6.45, 7) is 4.81. The van der Waals surface area contributed by atoms with Crippen LogP contribution >= 0.6 is 0 Å². The second kappa shape index (κ2) is 8.23. The Morgan fingerprint density at radius 1 is 1.27 bits per heavy atom. The van der Waals surface area contributed by atoms with Crippen LogP contribution in [0.2, 0.25) is 0 Å². The summed E-state index contributed by atoms with van der Waals surface area (Å²) < 4.78 is 9.50. The van der Waals surface area contributed by atoms with Gasteiger partial charge in [-0.3, -0.25) is 9.59 Å². The molecule has 0 bridgehead atoms. The maximum absolute atomic E-state index is 11.5. The van der Waals surface area contributed by atoms with Crippen molar-refractivity contribution in [1.29, 1.82) is 0 Å².